The predicted octanol–water partition coefficient (Wildman–Crippen LogP) is 32.2. The lowest BCUT2D eigenvalue weighted by Crippen LogP contribution is -2.13. The van der Waals surface area contributed by atoms with E-state index in [0.29, 0.717) is 82.3 Å². The normalized spacial score (nSPS) is 10.8. The number of anilines is 6. The summed E-state index contributed by atoms with van der Waals surface area (Å²) in [6, 6.07) is 59.1. The molecule has 6 N–H and O–H groups in total. The zero-order valence-corrected chi connectivity index (χ0v) is 86.9. The lowest BCUT2D eigenvalue weighted by Gasteiger charge is -2.17. The summed E-state index contributed by atoms with van der Waals surface area (Å²) in [5, 5.41) is 17.0. The number of carbonyl (C=O) groups is 6. The van der Waals surface area contributed by atoms with Gasteiger partial charge in [0.2, 0.25) is 35.4 Å². The summed E-state index contributed by atoms with van der Waals surface area (Å²) in [6.07, 6.45) is -13.0. The van der Waals surface area contributed by atoms with Crippen molar-refractivity contribution in [2.45, 2.75) is 220 Å². The Morgan fingerprint density at radius 1 is 0.290 bits per heavy atom. The molecule has 0 spiro atoms. The van der Waals surface area contributed by atoms with E-state index in [-0.39, 0.29) is 161 Å². The van der Waals surface area contributed by atoms with Crippen molar-refractivity contribution in [3.8, 4) is 34.5 Å². The van der Waals surface area contributed by atoms with Gasteiger partial charge in [-0.15, -0.1) is 0 Å². The van der Waals surface area contributed by atoms with Crippen LogP contribution in [0.4, 0.5) is 91.2 Å². The van der Waals surface area contributed by atoms with E-state index in [1.807, 2.05) is 56.3 Å². The molecule has 6 amide bonds. The van der Waals surface area contributed by atoms with Gasteiger partial charge in [0.15, 0.2) is 0 Å². The van der Waals surface area contributed by atoms with Crippen LogP contribution < -0.4 is 60.3 Å². The molecule has 0 bridgehead atoms. The molecular formula is C111H116BrClF13IN6O12. The lowest BCUT2D eigenvalue weighted by molar-refractivity contribution is -0.116. The second kappa shape index (κ2) is 59.9. The van der Waals surface area contributed by atoms with Crippen molar-refractivity contribution in [2.24, 2.45) is 0 Å². The molecule has 0 radical (unpaired) electrons. The number of benzene rings is 12. The van der Waals surface area contributed by atoms with Gasteiger partial charge in [-0.05, 0) is 222 Å². The molecular weight excluding hydrogens is 2100 g/mol. The van der Waals surface area contributed by atoms with Crippen molar-refractivity contribution in [2.75, 3.05) is 31.9 Å². The maximum atomic E-state index is 14.1. The van der Waals surface area contributed by atoms with Crippen LogP contribution >= 0.6 is 50.1 Å². The summed E-state index contributed by atoms with van der Waals surface area (Å²) in [5.41, 5.74) is 12.5. The van der Waals surface area contributed by atoms with Crippen LogP contribution in [-0.2, 0) is 74.8 Å². The Bertz CT molecular complexity index is 5640. The Hall–Kier alpha value is -13.2. The highest BCUT2D eigenvalue weighted by atomic mass is 127. The molecule has 145 heavy (non-hydrogen) atoms. The Labute approximate surface area is 863 Å². The van der Waals surface area contributed by atoms with E-state index in [1.165, 1.54) is 66.7 Å². The minimum absolute atomic E-state index is 0.00776. The first-order chi connectivity index (χ1) is 69.0. The number of nitrogens with one attached hydrogen (secondary N) is 6. The number of ether oxygens (including phenoxy) is 6. The summed E-state index contributed by atoms with van der Waals surface area (Å²) in [5.74, 6) is -0.742. The molecule has 0 aliphatic heterocycles. The van der Waals surface area contributed by atoms with E-state index in [9.17, 15) is 85.8 Å². The van der Waals surface area contributed by atoms with E-state index in [2.05, 4.69) is 70.4 Å². The highest BCUT2D eigenvalue weighted by Gasteiger charge is 2.26. The van der Waals surface area contributed by atoms with Crippen LogP contribution in [-0.4, -0.2) is 35.4 Å². The molecule has 0 unspecified atom stereocenters. The van der Waals surface area contributed by atoms with E-state index < -0.39 is 44.4 Å². The molecule has 0 aliphatic rings. The van der Waals surface area contributed by atoms with Gasteiger partial charge in [-0.2, -0.15) is 0 Å². The molecule has 0 aromatic heterocycles. The standard InChI is InChI=1S/C20H23F2NO2.C19H21F2NO2.C18H18BrF2NO2.C18H18ClF2NO2.C18H18F3NO2.C18H18F2INO2/c1-4-14-7-6-8-17(23-19(24)5-2)16(14)12-25-18-10-9-13(3)11-15(18)20(21)22;1-4-18(23)22-16-7-5-6-13(3)15(16)11-24-17-9-8-12(2)10-14(17)19(20)21;3*1-3-17(23)22-15-6-4-5-14(19)13(15)10-24-16-8-7-11(2)9-12(16)18(20)21;1-3-17(23)22-15-6-4-5-14(21)13(15)10-24-16-8-7-11(2)9-12(16)18(19)20/h6-11,20H,4-5,12H2,1-3H3,(H,23,24);5-10,19H,4,11H2,1-3H3,(H,22,23);4*4-9,18H,3,10H2,1-2H3,(H,22,23). The Balaban J connectivity index is 0.000000236. The Morgan fingerprint density at radius 2 is 0.524 bits per heavy atom. The Morgan fingerprint density at radius 3 is 0.841 bits per heavy atom. The number of carbonyl (C=O) groups excluding carboxylic acids is 6. The first-order valence-corrected chi connectivity index (χ1v) is 48.5. The topological polar surface area (TPSA) is 230 Å². The van der Waals surface area contributed by atoms with Gasteiger partial charge in [-0.1, -0.05) is 194 Å². The van der Waals surface area contributed by atoms with Gasteiger partial charge in [0, 0.05) is 113 Å². The van der Waals surface area contributed by atoms with Crippen molar-refractivity contribution >= 4 is 120 Å². The fraction of sp³-hybridized carbons (Fsp3) is 0.297. The average molecular weight is 2220 g/mol. The van der Waals surface area contributed by atoms with Crippen molar-refractivity contribution in [1.82, 2.24) is 0 Å². The zero-order valence-electron chi connectivity index (χ0n) is 82.4. The van der Waals surface area contributed by atoms with Crippen LogP contribution in [0.2, 0.25) is 5.02 Å². The van der Waals surface area contributed by atoms with Gasteiger partial charge in [0.05, 0.1) is 39.1 Å². The van der Waals surface area contributed by atoms with Gasteiger partial charge in [-0.25, -0.2) is 57.1 Å². The van der Waals surface area contributed by atoms with E-state index in [0.717, 1.165) is 70.1 Å². The molecule has 12 rings (SSSR count). The monoisotopic (exact) mass is 2210 g/mol. The molecule has 12 aromatic carbocycles. The number of alkyl halides is 12. The highest BCUT2D eigenvalue weighted by Crippen LogP contribution is 2.41. The molecule has 0 saturated heterocycles. The SMILES string of the molecule is CCC(=O)Nc1cccc(Br)c1COc1ccc(C)cc1C(F)F.CCC(=O)Nc1cccc(C)c1COc1ccc(C)cc1C(F)F.CCC(=O)Nc1cccc(CC)c1COc1ccc(C)cc1C(F)F.CCC(=O)Nc1cccc(Cl)c1COc1ccc(C)cc1C(F)F.CCC(=O)Nc1cccc(F)c1COc1ccc(C)cc1C(F)F.CCC(=O)Nc1cccc(I)c1COc1ccc(C)cc1C(F)F. The van der Waals surface area contributed by atoms with Crippen molar-refractivity contribution in [3.63, 3.8) is 0 Å². The second-order valence-corrected chi connectivity index (χ2v) is 35.1. The zero-order chi connectivity index (χ0) is 107. The fourth-order valence-electron chi connectivity index (χ4n) is 13.7. The van der Waals surface area contributed by atoms with Crippen LogP contribution in [0, 0.1) is 57.9 Å². The summed E-state index contributed by atoms with van der Waals surface area (Å²) in [4.78, 5) is 69.8. The van der Waals surface area contributed by atoms with Gasteiger partial charge in [0.1, 0.15) is 80.0 Å². The van der Waals surface area contributed by atoms with Crippen LogP contribution in [0.25, 0.3) is 0 Å². The summed E-state index contributed by atoms with van der Waals surface area (Å²) >= 11 is 11.7. The van der Waals surface area contributed by atoms with Crippen LogP contribution in [0.5, 0.6) is 34.5 Å². The molecule has 0 atom stereocenters. The average Bonchev–Trinajstić information content (AvgIpc) is 0.863. The lowest BCUT2D eigenvalue weighted by atomic mass is 10.0. The van der Waals surface area contributed by atoms with Crippen molar-refractivity contribution < 1.29 is 114 Å². The number of halogens is 16. The van der Waals surface area contributed by atoms with Crippen LogP contribution in [0.1, 0.15) is 237 Å². The minimum Gasteiger partial charge on any atom is -0.488 e. The van der Waals surface area contributed by atoms with Gasteiger partial charge < -0.3 is 60.3 Å². The van der Waals surface area contributed by atoms with E-state index in [1.54, 1.807) is 192 Å². The second-order valence-electron chi connectivity index (χ2n) is 32.7. The van der Waals surface area contributed by atoms with Gasteiger partial charge >= 0.3 is 0 Å². The van der Waals surface area contributed by atoms with Gasteiger partial charge in [0.25, 0.3) is 38.6 Å². The highest BCUT2D eigenvalue weighted by molar-refractivity contribution is 14.1. The molecule has 0 heterocycles. The summed E-state index contributed by atoms with van der Waals surface area (Å²) in [7, 11) is 0. The van der Waals surface area contributed by atoms with Crippen molar-refractivity contribution in [3.05, 3.63) is 349 Å². The first kappa shape index (κ1) is 119. The number of rotatable bonds is 37. The summed E-state index contributed by atoms with van der Waals surface area (Å²) in [6.45, 7) is 24.9. The molecule has 0 fully saturated rings. The van der Waals surface area contributed by atoms with E-state index in [4.69, 9.17) is 40.0 Å². The predicted molar refractivity (Wildman–Crippen MR) is 554 cm³/mol. The molecule has 0 saturated carbocycles. The molecule has 774 valence electrons. The summed E-state index contributed by atoms with van der Waals surface area (Å²) < 4.78 is 207. The third kappa shape index (κ3) is 37.4. The number of aryl methyl sites for hydroxylation is 8. The molecule has 34 heteroatoms. The quantitative estimate of drug-likeness (QED) is 0.0158. The number of hydrogen-bond donors (Lipinski definition) is 6. The molecule has 12 aromatic rings. The smallest absolute Gasteiger partial charge is 0.267 e. The maximum absolute atomic E-state index is 14.1. The van der Waals surface area contributed by atoms with Crippen molar-refractivity contribution in [1.29, 1.82) is 0 Å². The van der Waals surface area contributed by atoms with Gasteiger partial charge in [-0.3, -0.25) is 28.8 Å². The molecule has 0 aliphatic carbocycles. The van der Waals surface area contributed by atoms with Crippen LogP contribution in [0.15, 0.2) is 223 Å². The van der Waals surface area contributed by atoms with Crippen LogP contribution in [0.3, 0.4) is 0 Å². The third-order valence-corrected chi connectivity index (χ3v) is 23.9. The minimum atomic E-state index is -2.69. The molecule has 18 nitrogen and oxygen atoms in total. The number of amides is 6. The largest absolute Gasteiger partial charge is 0.488 e. The maximum Gasteiger partial charge on any atom is 0.267 e. The number of hydrogen-bond acceptors (Lipinski definition) is 12. The Kier molecular flexibility index (Phi) is 49.1. The van der Waals surface area contributed by atoms with E-state index >= 15 is 0 Å². The third-order valence-electron chi connectivity index (χ3n) is 21.7. The first-order valence-electron chi connectivity index (χ1n) is 46.2. The fourth-order valence-corrected chi connectivity index (χ4v) is 15.1.